The largest absolute Gasteiger partial charge is 0.459 e. The molecule has 0 radical (unpaired) electrons. The van der Waals surface area contributed by atoms with Gasteiger partial charge in [-0.25, -0.2) is 4.79 Å². The maximum absolute atomic E-state index is 12.9. The van der Waals surface area contributed by atoms with E-state index in [2.05, 4.69) is 16.0 Å². The van der Waals surface area contributed by atoms with Gasteiger partial charge in [0.15, 0.2) is 0 Å². The van der Waals surface area contributed by atoms with Crippen LogP contribution in [0.3, 0.4) is 0 Å². The summed E-state index contributed by atoms with van der Waals surface area (Å²) in [5, 5.41) is 7.87. The molecule has 1 aliphatic heterocycles. The predicted octanol–water partition coefficient (Wildman–Crippen LogP) is 1.50. The molecule has 0 aromatic heterocycles. The van der Waals surface area contributed by atoms with Crippen LogP contribution in [-0.2, 0) is 44.8 Å². The zero-order valence-corrected chi connectivity index (χ0v) is 26.1. The molecule has 2 rings (SSSR count). The summed E-state index contributed by atoms with van der Waals surface area (Å²) in [6, 6.07) is 4.58. The summed E-state index contributed by atoms with van der Waals surface area (Å²) in [4.78, 5) is 87.5. The van der Waals surface area contributed by atoms with Crippen molar-refractivity contribution in [2.24, 2.45) is 5.92 Å². The first kappa shape index (κ1) is 35.4. The number of carbonyl (C=O) groups is 7. The second-order valence-corrected chi connectivity index (χ2v) is 11.6. The Morgan fingerprint density at radius 1 is 0.909 bits per heavy atom. The van der Waals surface area contributed by atoms with Gasteiger partial charge in [0, 0.05) is 37.9 Å². The molecule has 2 atom stereocenters. The zero-order valence-electron chi connectivity index (χ0n) is 26.1. The van der Waals surface area contributed by atoms with Gasteiger partial charge in [0.1, 0.15) is 30.8 Å². The lowest BCUT2D eigenvalue weighted by Gasteiger charge is -2.24. The van der Waals surface area contributed by atoms with Crippen LogP contribution in [0.1, 0.15) is 53.5 Å². The van der Waals surface area contributed by atoms with Crippen LogP contribution in [0.15, 0.2) is 36.4 Å². The molecule has 240 valence electrons. The fourth-order valence-corrected chi connectivity index (χ4v) is 3.84. The smallest absolute Gasteiger partial charge is 0.410 e. The average molecular weight is 616 g/mol. The topological polar surface area (TPSA) is 181 Å². The molecule has 0 bridgehead atoms. The molecule has 0 saturated heterocycles. The summed E-state index contributed by atoms with van der Waals surface area (Å²) in [6.07, 6.45) is 1.37. The van der Waals surface area contributed by atoms with Crippen molar-refractivity contribution >= 4 is 47.3 Å². The van der Waals surface area contributed by atoms with E-state index in [0.29, 0.717) is 11.3 Å². The molecule has 1 aromatic rings. The number of esters is 1. The molecule has 14 nitrogen and oxygen atoms in total. The summed E-state index contributed by atoms with van der Waals surface area (Å²) >= 11 is 0. The van der Waals surface area contributed by atoms with Crippen molar-refractivity contribution in [1.82, 2.24) is 20.4 Å². The van der Waals surface area contributed by atoms with E-state index < -0.39 is 59.3 Å². The first-order valence-electron chi connectivity index (χ1n) is 14.1. The minimum absolute atomic E-state index is 0.0674. The third-order valence-electron chi connectivity index (χ3n) is 6.16. The number of rotatable bonds is 13. The van der Waals surface area contributed by atoms with E-state index in [0.717, 1.165) is 22.0 Å². The third kappa shape index (κ3) is 11.5. The van der Waals surface area contributed by atoms with E-state index in [-0.39, 0.29) is 32.0 Å². The van der Waals surface area contributed by atoms with Crippen LogP contribution in [0.2, 0.25) is 0 Å². The standard InChI is InChI=1S/C30H41N5O9/c1-18(2)26(33-22(36)14-15-35-23(37)12-13-24(35)38)28(41)31-19(3)27(40)32-21-10-8-20(9-11-21)17-43-29(42)34(7)16-25(39)44-30(4,5)6/h8-13,18-19,26H,14-17H2,1-7H3,(H,31,41)(H,32,40)(H,33,36)/t19-,26-/m0/s1. The molecule has 0 aliphatic carbocycles. The maximum Gasteiger partial charge on any atom is 0.410 e. The lowest BCUT2D eigenvalue weighted by molar-refractivity contribution is -0.155. The fourth-order valence-electron chi connectivity index (χ4n) is 3.84. The summed E-state index contributed by atoms with van der Waals surface area (Å²) in [5.41, 5.74) is 0.395. The van der Waals surface area contributed by atoms with Crippen molar-refractivity contribution in [3.63, 3.8) is 0 Å². The summed E-state index contributed by atoms with van der Waals surface area (Å²) in [6.45, 7) is 9.68. The lowest BCUT2D eigenvalue weighted by Crippen LogP contribution is -2.54. The van der Waals surface area contributed by atoms with Crippen LogP contribution in [-0.4, -0.2) is 89.2 Å². The van der Waals surface area contributed by atoms with E-state index in [1.807, 2.05) is 0 Å². The van der Waals surface area contributed by atoms with E-state index in [1.165, 1.54) is 14.0 Å². The molecule has 6 amide bonds. The highest BCUT2D eigenvalue weighted by atomic mass is 16.6. The van der Waals surface area contributed by atoms with Crippen molar-refractivity contribution in [3.05, 3.63) is 42.0 Å². The molecule has 1 aromatic carbocycles. The Morgan fingerprint density at radius 2 is 1.50 bits per heavy atom. The van der Waals surface area contributed by atoms with Crippen LogP contribution >= 0.6 is 0 Å². The number of nitrogens with zero attached hydrogens (tertiary/aromatic N) is 2. The fraction of sp³-hybridized carbons (Fsp3) is 0.500. The first-order chi connectivity index (χ1) is 20.5. The monoisotopic (exact) mass is 615 g/mol. The Bertz CT molecular complexity index is 1270. The van der Waals surface area contributed by atoms with E-state index in [4.69, 9.17) is 9.47 Å². The van der Waals surface area contributed by atoms with Crippen molar-refractivity contribution in [2.45, 2.75) is 72.3 Å². The lowest BCUT2D eigenvalue weighted by atomic mass is 10.0. The zero-order chi connectivity index (χ0) is 33.2. The summed E-state index contributed by atoms with van der Waals surface area (Å²) < 4.78 is 10.4. The number of hydrogen-bond donors (Lipinski definition) is 3. The molecule has 0 spiro atoms. The van der Waals surface area contributed by atoms with Crippen LogP contribution in [0.25, 0.3) is 0 Å². The van der Waals surface area contributed by atoms with Gasteiger partial charge in [0.2, 0.25) is 17.7 Å². The minimum atomic E-state index is -0.953. The minimum Gasteiger partial charge on any atom is -0.459 e. The molecular formula is C30H41N5O9. The number of imide groups is 1. The van der Waals surface area contributed by atoms with Crippen LogP contribution in [0.5, 0.6) is 0 Å². The van der Waals surface area contributed by atoms with E-state index >= 15 is 0 Å². The van der Waals surface area contributed by atoms with Crippen molar-refractivity contribution in [3.8, 4) is 0 Å². The van der Waals surface area contributed by atoms with Gasteiger partial charge in [0.05, 0.1) is 0 Å². The van der Waals surface area contributed by atoms with Crippen molar-refractivity contribution in [1.29, 1.82) is 0 Å². The van der Waals surface area contributed by atoms with Gasteiger partial charge in [-0.2, -0.15) is 0 Å². The van der Waals surface area contributed by atoms with Gasteiger partial charge in [-0.15, -0.1) is 0 Å². The van der Waals surface area contributed by atoms with Gasteiger partial charge >= 0.3 is 12.1 Å². The second kappa shape index (κ2) is 15.6. The maximum atomic E-state index is 12.9. The van der Waals surface area contributed by atoms with E-state index in [9.17, 15) is 33.6 Å². The number of nitrogens with one attached hydrogen (secondary N) is 3. The van der Waals surface area contributed by atoms with Gasteiger partial charge in [-0.05, 0) is 51.3 Å². The SMILES string of the molecule is CC(C)[C@H](NC(=O)CCN1C(=O)C=CC1=O)C(=O)N[C@@H](C)C(=O)Nc1ccc(COC(=O)N(C)CC(=O)OC(C)(C)C)cc1. The Hall–Kier alpha value is -4.75. The molecule has 1 heterocycles. The van der Waals surface area contributed by atoms with Gasteiger partial charge in [0.25, 0.3) is 11.8 Å². The van der Waals surface area contributed by atoms with Gasteiger partial charge in [-0.3, -0.25) is 33.7 Å². The summed E-state index contributed by atoms with van der Waals surface area (Å²) in [5.74, 6) is -3.48. The molecule has 14 heteroatoms. The highest BCUT2D eigenvalue weighted by Crippen LogP contribution is 2.13. The highest BCUT2D eigenvalue weighted by molar-refractivity contribution is 6.13. The molecule has 3 N–H and O–H groups in total. The Labute approximate surface area is 256 Å². The van der Waals surface area contributed by atoms with Gasteiger partial charge in [-0.1, -0.05) is 26.0 Å². The van der Waals surface area contributed by atoms with Crippen LogP contribution in [0, 0.1) is 5.92 Å². The van der Waals surface area contributed by atoms with Crippen molar-refractivity contribution < 1.29 is 43.0 Å². The number of ether oxygens (including phenoxy) is 2. The Morgan fingerprint density at radius 3 is 2.05 bits per heavy atom. The number of anilines is 1. The molecule has 0 saturated carbocycles. The predicted molar refractivity (Wildman–Crippen MR) is 159 cm³/mol. The normalized spacial score (nSPS) is 14.1. The summed E-state index contributed by atoms with van der Waals surface area (Å²) in [7, 11) is 1.42. The third-order valence-corrected chi connectivity index (χ3v) is 6.16. The first-order valence-corrected chi connectivity index (χ1v) is 14.1. The molecule has 0 fully saturated rings. The second-order valence-electron chi connectivity index (χ2n) is 11.6. The number of hydrogen-bond acceptors (Lipinski definition) is 9. The Balaban J connectivity index is 1.82. The molecule has 44 heavy (non-hydrogen) atoms. The quantitative estimate of drug-likeness (QED) is 0.219. The molecule has 0 unspecified atom stereocenters. The van der Waals surface area contributed by atoms with E-state index in [1.54, 1.807) is 58.9 Å². The highest BCUT2D eigenvalue weighted by Gasteiger charge is 2.29. The number of benzene rings is 1. The van der Waals surface area contributed by atoms with Gasteiger partial charge < -0.3 is 30.3 Å². The van der Waals surface area contributed by atoms with Crippen LogP contribution < -0.4 is 16.0 Å². The number of amides is 6. The molecular weight excluding hydrogens is 574 g/mol. The van der Waals surface area contributed by atoms with Crippen LogP contribution in [0.4, 0.5) is 10.5 Å². The number of carbonyl (C=O) groups excluding carboxylic acids is 7. The van der Waals surface area contributed by atoms with Crippen molar-refractivity contribution in [2.75, 3.05) is 25.5 Å². The Kier molecular flexibility index (Phi) is 12.6. The average Bonchev–Trinajstić information content (AvgIpc) is 3.24. The molecule has 1 aliphatic rings. The number of likely N-dealkylation sites (N-methyl/N-ethyl adjacent to an activating group) is 1.